The monoisotopic (exact) mass is 639 g/mol. The first-order valence-electron chi connectivity index (χ1n) is 15.3. The molecule has 12 heteroatoms. The Labute approximate surface area is 271 Å². The average molecular weight is 640 g/mol. The lowest BCUT2D eigenvalue weighted by Crippen LogP contribution is -2.38. The highest BCUT2D eigenvalue weighted by Gasteiger charge is 2.42. The number of aromatic amines is 1. The minimum Gasteiger partial charge on any atom is -0.497 e. The Kier molecular flexibility index (Phi) is 9.08. The standard InChI is InChI=1S/C35H37N5O7/c1-21(2)32(42)38-34-37-31-30(33(43)39-34)36-20-40(31)29-18-27(41)28(47-29)19-46-35(22-8-6-5-7-9-22,23-10-14-25(44-3)15-11-23)24-12-16-26(45-4)17-13-24/h5-17,20-21,27-29,41H,18-19H2,1-4H3,(H2,37,38,39,42,43)/t27-,28-,29+/m0/s1. The summed E-state index contributed by atoms with van der Waals surface area (Å²) in [7, 11) is 3.23. The highest BCUT2D eigenvalue weighted by atomic mass is 16.6. The van der Waals surface area contributed by atoms with Crippen LogP contribution in [-0.4, -0.2) is 63.6 Å². The zero-order valence-electron chi connectivity index (χ0n) is 26.5. The van der Waals surface area contributed by atoms with Gasteiger partial charge in [-0.2, -0.15) is 4.98 Å². The number of nitrogens with zero attached hydrogens (tertiary/aromatic N) is 3. The van der Waals surface area contributed by atoms with Gasteiger partial charge in [-0.25, -0.2) is 4.98 Å². The van der Waals surface area contributed by atoms with Crippen molar-refractivity contribution in [1.29, 1.82) is 0 Å². The maximum absolute atomic E-state index is 12.8. The molecule has 1 amide bonds. The number of aliphatic hydroxyl groups excluding tert-OH is 1. The van der Waals surface area contributed by atoms with Crippen molar-refractivity contribution in [3.05, 3.63) is 112 Å². The summed E-state index contributed by atoms with van der Waals surface area (Å²) in [5.74, 6) is 0.810. The number of fused-ring (bicyclic) bond motifs is 1. The van der Waals surface area contributed by atoms with Gasteiger partial charge < -0.3 is 24.1 Å². The maximum atomic E-state index is 12.8. The van der Waals surface area contributed by atoms with Crippen molar-refractivity contribution < 1.29 is 28.8 Å². The number of hydrogen-bond donors (Lipinski definition) is 3. The van der Waals surface area contributed by atoms with E-state index in [0.717, 1.165) is 16.7 Å². The van der Waals surface area contributed by atoms with Crippen LogP contribution in [0.4, 0.5) is 5.95 Å². The van der Waals surface area contributed by atoms with Crippen LogP contribution in [0, 0.1) is 5.92 Å². The van der Waals surface area contributed by atoms with Crippen molar-refractivity contribution in [1.82, 2.24) is 19.5 Å². The minimum absolute atomic E-state index is 0.00741. The SMILES string of the molecule is COc1ccc(C(OC[C@@H]2O[C@@H](n3cnc4c(=O)[nH]c(NC(=O)C(C)C)nc43)C[C@@H]2O)(c2ccccc2)c2ccc(OC)cc2)cc1. The van der Waals surface area contributed by atoms with Crippen molar-refractivity contribution in [3.8, 4) is 11.5 Å². The summed E-state index contributed by atoms with van der Waals surface area (Å²) in [5, 5.41) is 13.9. The Morgan fingerprint density at radius 1 is 1.00 bits per heavy atom. The third-order valence-corrected chi connectivity index (χ3v) is 8.35. The van der Waals surface area contributed by atoms with Crippen LogP contribution in [0.3, 0.4) is 0 Å². The first-order chi connectivity index (χ1) is 22.7. The smallest absolute Gasteiger partial charge is 0.280 e. The first kappa shape index (κ1) is 31.9. The summed E-state index contributed by atoms with van der Waals surface area (Å²) < 4.78 is 25.8. The zero-order chi connectivity index (χ0) is 33.1. The van der Waals surface area contributed by atoms with Gasteiger partial charge in [0, 0.05) is 12.3 Å². The summed E-state index contributed by atoms with van der Waals surface area (Å²) in [4.78, 5) is 36.3. The van der Waals surface area contributed by atoms with Crippen molar-refractivity contribution in [2.45, 2.75) is 44.3 Å². The number of rotatable bonds is 11. The van der Waals surface area contributed by atoms with Crippen molar-refractivity contribution in [2.24, 2.45) is 5.92 Å². The van der Waals surface area contributed by atoms with Gasteiger partial charge in [0.2, 0.25) is 11.9 Å². The molecule has 0 unspecified atom stereocenters. The molecule has 1 aliphatic heterocycles. The summed E-state index contributed by atoms with van der Waals surface area (Å²) in [6.07, 6.45) is -0.686. The second-order valence-corrected chi connectivity index (χ2v) is 11.6. The highest BCUT2D eigenvalue weighted by molar-refractivity contribution is 5.91. The van der Waals surface area contributed by atoms with Gasteiger partial charge in [-0.1, -0.05) is 68.4 Å². The van der Waals surface area contributed by atoms with Gasteiger partial charge in [-0.3, -0.25) is 24.5 Å². The van der Waals surface area contributed by atoms with E-state index in [1.807, 2.05) is 78.9 Å². The number of aliphatic hydroxyl groups is 1. The Balaban J connectivity index is 1.33. The molecule has 0 bridgehead atoms. The van der Waals surface area contributed by atoms with Crippen molar-refractivity contribution in [3.63, 3.8) is 0 Å². The van der Waals surface area contributed by atoms with Crippen LogP contribution in [0.1, 0.15) is 43.2 Å². The molecule has 3 aromatic carbocycles. The van der Waals surface area contributed by atoms with Crippen LogP contribution in [0.2, 0.25) is 0 Å². The molecule has 0 aliphatic carbocycles. The number of imidazole rings is 1. The number of carbonyl (C=O) groups is 1. The molecule has 3 heterocycles. The molecule has 5 aromatic rings. The molecule has 244 valence electrons. The number of amides is 1. The third kappa shape index (κ3) is 6.22. The van der Waals surface area contributed by atoms with E-state index in [1.165, 1.54) is 6.33 Å². The van der Waals surface area contributed by atoms with Gasteiger partial charge >= 0.3 is 0 Å². The lowest BCUT2D eigenvalue weighted by atomic mass is 9.80. The second-order valence-electron chi connectivity index (χ2n) is 11.6. The molecule has 3 N–H and O–H groups in total. The van der Waals surface area contributed by atoms with Crippen molar-refractivity contribution >= 4 is 23.0 Å². The topological polar surface area (TPSA) is 150 Å². The zero-order valence-corrected chi connectivity index (χ0v) is 26.5. The number of carbonyl (C=O) groups excluding carboxylic acids is 1. The fraction of sp³-hybridized carbons (Fsp3) is 0.314. The predicted octanol–water partition coefficient (Wildman–Crippen LogP) is 4.39. The number of methoxy groups -OCH3 is 2. The van der Waals surface area contributed by atoms with Crippen LogP contribution in [0.25, 0.3) is 11.2 Å². The molecule has 1 aliphatic rings. The molecule has 0 spiro atoms. The fourth-order valence-electron chi connectivity index (χ4n) is 5.77. The Hall–Kier alpha value is -5.04. The lowest BCUT2D eigenvalue weighted by Gasteiger charge is -2.37. The van der Waals surface area contributed by atoms with Crippen LogP contribution in [0.5, 0.6) is 11.5 Å². The Bertz CT molecular complexity index is 1840. The highest BCUT2D eigenvalue weighted by Crippen LogP contribution is 2.43. The summed E-state index contributed by atoms with van der Waals surface area (Å²) in [6, 6.07) is 25.2. The molecule has 47 heavy (non-hydrogen) atoms. The number of aromatic nitrogens is 4. The van der Waals surface area contributed by atoms with Crippen molar-refractivity contribution in [2.75, 3.05) is 26.1 Å². The fourth-order valence-corrected chi connectivity index (χ4v) is 5.77. The number of nitrogens with one attached hydrogen (secondary N) is 2. The van der Waals surface area contributed by atoms with Gasteiger partial charge in [0.1, 0.15) is 29.4 Å². The number of benzene rings is 3. The molecule has 6 rings (SSSR count). The third-order valence-electron chi connectivity index (χ3n) is 8.35. The normalized spacial score (nSPS) is 18.0. The molecular weight excluding hydrogens is 602 g/mol. The van der Waals surface area contributed by atoms with Gasteiger partial charge in [0.15, 0.2) is 11.2 Å². The molecule has 12 nitrogen and oxygen atoms in total. The van der Waals surface area contributed by atoms with Crippen LogP contribution in [-0.2, 0) is 19.9 Å². The maximum Gasteiger partial charge on any atom is 0.280 e. The molecule has 2 aromatic heterocycles. The van der Waals surface area contributed by atoms with Gasteiger partial charge in [0.25, 0.3) is 5.56 Å². The van der Waals surface area contributed by atoms with Crippen LogP contribution >= 0.6 is 0 Å². The molecule has 1 saturated heterocycles. The molecule has 1 fully saturated rings. The largest absolute Gasteiger partial charge is 0.497 e. The van der Waals surface area contributed by atoms with E-state index >= 15 is 0 Å². The van der Waals surface area contributed by atoms with Crippen LogP contribution in [0.15, 0.2) is 90.0 Å². The quantitative estimate of drug-likeness (QED) is 0.179. The van der Waals surface area contributed by atoms with Gasteiger partial charge in [0.05, 0.1) is 33.3 Å². The van der Waals surface area contributed by atoms with E-state index in [4.69, 9.17) is 18.9 Å². The van der Waals surface area contributed by atoms with E-state index in [2.05, 4.69) is 20.3 Å². The molecule has 0 saturated carbocycles. The second kappa shape index (κ2) is 13.4. The number of hydrogen-bond acceptors (Lipinski definition) is 9. The minimum atomic E-state index is -1.10. The molecule has 0 radical (unpaired) electrons. The predicted molar refractivity (Wildman–Crippen MR) is 174 cm³/mol. The van der Waals surface area contributed by atoms with Crippen LogP contribution < -0.4 is 20.3 Å². The van der Waals surface area contributed by atoms with E-state index in [-0.39, 0.29) is 42.0 Å². The summed E-state index contributed by atoms with van der Waals surface area (Å²) >= 11 is 0. The number of anilines is 1. The molecular formula is C35H37N5O7. The van der Waals surface area contributed by atoms with E-state index in [0.29, 0.717) is 11.5 Å². The Morgan fingerprint density at radius 2 is 1.60 bits per heavy atom. The lowest BCUT2D eigenvalue weighted by molar-refractivity contribution is -0.118. The number of H-pyrrole nitrogens is 1. The Morgan fingerprint density at radius 3 is 2.17 bits per heavy atom. The van der Waals surface area contributed by atoms with Gasteiger partial charge in [-0.15, -0.1) is 0 Å². The van der Waals surface area contributed by atoms with Gasteiger partial charge in [-0.05, 0) is 41.0 Å². The first-order valence-corrected chi connectivity index (χ1v) is 15.3. The van der Waals surface area contributed by atoms with E-state index < -0.39 is 29.6 Å². The van der Waals surface area contributed by atoms with E-state index in [9.17, 15) is 14.7 Å². The van der Waals surface area contributed by atoms with E-state index in [1.54, 1.807) is 32.6 Å². The summed E-state index contributed by atoms with van der Waals surface area (Å²) in [5.41, 5.74) is 1.28. The summed E-state index contributed by atoms with van der Waals surface area (Å²) in [6.45, 7) is 3.49. The molecule has 3 atom stereocenters. The number of ether oxygens (including phenoxy) is 4. The average Bonchev–Trinajstić information content (AvgIpc) is 3.69.